The zero-order valence-corrected chi connectivity index (χ0v) is 11.8. The molecular formula is C13H22N4O2. The number of aromatic nitrogens is 1. The molecule has 0 atom stereocenters. The third kappa shape index (κ3) is 4.82. The van der Waals surface area contributed by atoms with Gasteiger partial charge >= 0.3 is 0 Å². The van der Waals surface area contributed by atoms with Crippen LogP contribution in [0.25, 0.3) is 0 Å². The molecule has 1 rings (SSSR count). The highest BCUT2D eigenvalue weighted by molar-refractivity contribution is 5.48. The summed E-state index contributed by atoms with van der Waals surface area (Å²) in [5.74, 6) is 0.727. The Morgan fingerprint density at radius 1 is 1.42 bits per heavy atom. The maximum atomic E-state index is 10.6. The second kappa shape index (κ2) is 7.68. The first kappa shape index (κ1) is 15.4. The van der Waals surface area contributed by atoms with E-state index in [0.717, 1.165) is 44.0 Å². The highest BCUT2D eigenvalue weighted by atomic mass is 16.6. The van der Waals surface area contributed by atoms with Gasteiger partial charge in [0.1, 0.15) is 12.0 Å². The summed E-state index contributed by atoms with van der Waals surface area (Å²) in [5, 5.41) is 13.8. The van der Waals surface area contributed by atoms with Gasteiger partial charge in [-0.1, -0.05) is 13.8 Å². The van der Waals surface area contributed by atoms with E-state index in [0.29, 0.717) is 0 Å². The van der Waals surface area contributed by atoms with Crippen molar-refractivity contribution < 1.29 is 4.92 Å². The summed E-state index contributed by atoms with van der Waals surface area (Å²) >= 11 is 0. The van der Waals surface area contributed by atoms with E-state index < -0.39 is 4.92 Å². The molecule has 1 aromatic rings. The van der Waals surface area contributed by atoms with Crippen molar-refractivity contribution in [1.82, 2.24) is 9.88 Å². The van der Waals surface area contributed by atoms with Gasteiger partial charge in [-0.3, -0.25) is 10.1 Å². The first-order chi connectivity index (χ1) is 9.08. The van der Waals surface area contributed by atoms with Crippen LogP contribution in [-0.2, 0) is 0 Å². The number of anilines is 1. The molecule has 0 aliphatic carbocycles. The fourth-order valence-electron chi connectivity index (χ4n) is 1.89. The van der Waals surface area contributed by atoms with Crippen molar-refractivity contribution in [1.29, 1.82) is 0 Å². The lowest BCUT2D eigenvalue weighted by molar-refractivity contribution is -0.385. The molecule has 0 bridgehead atoms. The van der Waals surface area contributed by atoms with E-state index in [4.69, 9.17) is 0 Å². The lowest BCUT2D eigenvalue weighted by Crippen LogP contribution is -2.25. The van der Waals surface area contributed by atoms with Crippen LogP contribution in [0.3, 0.4) is 0 Å². The van der Waals surface area contributed by atoms with Gasteiger partial charge in [-0.05, 0) is 38.5 Å². The fraction of sp³-hybridized carbons (Fsp3) is 0.615. The lowest BCUT2D eigenvalue weighted by atomic mass is 10.2. The zero-order chi connectivity index (χ0) is 14.3. The van der Waals surface area contributed by atoms with E-state index in [1.165, 1.54) is 6.20 Å². The van der Waals surface area contributed by atoms with Crippen molar-refractivity contribution in [3.8, 4) is 0 Å². The summed E-state index contributed by atoms with van der Waals surface area (Å²) in [6, 6.07) is 1.54. The summed E-state index contributed by atoms with van der Waals surface area (Å²) < 4.78 is 0. The molecule has 0 fully saturated rings. The SMILES string of the molecule is CCN(CC)CCCNc1ncc([N+](=O)[O-])cc1C. The molecular weight excluding hydrogens is 244 g/mol. The predicted octanol–water partition coefficient (Wildman–Crippen LogP) is 2.44. The number of pyridine rings is 1. The topological polar surface area (TPSA) is 71.3 Å². The summed E-state index contributed by atoms with van der Waals surface area (Å²) in [6.45, 7) is 10.1. The summed E-state index contributed by atoms with van der Waals surface area (Å²) in [7, 11) is 0. The third-order valence-electron chi connectivity index (χ3n) is 3.11. The van der Waals surface area contributed by atoms with Crippen LogP contribution in [0.5, 0.6) is 0 Å². The molecule has 6 heteroatoms. The monoisotopic (exact) mass is 266 g/mol. The van der Waals surface area contributed by atoms with Gasteiger partial charge < -0.3 is 10.2 Å². The van der Waals surface area contributed by atoms with Gasteiger partial charge in [0.2, 0.25) is 0 Å². The molecule has 0 saturated heterocycles. The second-order valence-corrected chi connectivity index (χ2v) is 4.42. The molecule has 0 spiro atoms. The average molecular weight is 266 g/mol. The Hall–Kier alpha value is -1.69. The van der Waals surface area contributed by atoms with Crippen LogP contribution < -0.4 is 5.32 Å². The molecule has 0 unspecified atom stereocenters. The average Bonchev–Trinajstić information content (AvgIpc) is 2.40. The van der Waals surface area contributed by atoms with Crippen molar-refractivity contribution in [2.75, 3.05) is 31.5 Å². The summed E-state index contributed by atoms with van der Waals surface area (Å²) in [4.78, 5) is 16.6. The fourth-order valence-corrected chi connectivity index (χ4v) is 1.89. The largest absolute Gasteiger partial charge is 0.370 e. The van der Waals surface area contributed by atoms with Gasteiger partial charge in [0, 0.05) is 12.6 Å². The number of aryl methyl sites for hydroxylation is 1. The molecule has 0 aliphatic heterocycles. The maximum Gasteiger partial charge on any atom is 0.287 e. The Labute approximate surface area is 114 Å². The number of rotatable bonds is 8. The first-order valence-corrected chi connectivity index (χ1v) is 6.65. The van der Waals surface area contributed by atoms with Gasteiger partial charge in [-0.2, -0.15) is 0 Å². The smallest absolute Gasteiger partial charge is 0.287 e. The van der Waals surface area contributed by atoms with Crippen LogP contribution in [0.4, 0.5) is 11.5 Å². The quantitative estimate of drug-likeness (QED) is 0.444. The number of hydrogen-bond donors (Lipinski definition) is 1. The number of nitrogens with zero attached hydrogens (tertiary/aromatic N) is 3. The minimum Gasteiger partial charge on any atom is -0.370 e. The molecule has 0 aromatic carbocycles. The first-order valence-electron chi connectivity index (χ1n) is 6.65. The van der Waals surface area contributed by atoms with E-state index in [1.807, 2.05) is 6.92 Å². The Kier molecular flexibility index (Phi) is 6.21. The molecule has 0 radical (unpaired) electrons. The van der Waals surface area contributed by atoms with Gasteiger partial charge in [0.15, 0.2) is 0 Å². The number of nitrogens with one attached hydrogen (secondary N) is 1. The van der Waals surface area contributed by atoms with E-state index in [9.17, 15) is 10.1 Å². The van der Waals surface area contributed by atoms with Crippen LogP contribution in [0.2, 0.25) is 0 Å². The van der Waals surface area contributed by atoms with Gasteiger partial charge in [-0.25, -0.2) is 4.98 Å². The Morgan fingerprint density at radius 3 is 2.63 bits per heavy atom. The Balaban J connectivity index is 2.43. The van der Waals surface area contributed by atoms with Crippen LogP contribution in [0.15, 0.2) is 12.3 Å². The molecule has 106 valence electrons. The summed E-state index contributed by atoms with van der Waals surface area (Å²) in [6.07, 6.45) is 2.32. The minimum atomic E-state index is -0.426. The number of hydrogen-bond acceptors (Lipinski definition) is 5. The Bertz CT molecular complexity index is 419. The van der Waals surface area contributed by atoms with Crippen molar-refractivity contribution in [2.45, 2.75) is 27.2 Å². The predicted molar refractivity (Wildman–Crippen MR) is 76.5 cm³/mol. The van der Waals surface area contributed by atoms with Crippen molar-refractivity contribution in [2.24, 2.45) is 0 Å². The molecule has 0 amide bonds. The van der Waals surface area contributed by atoms with Crippen molar-refractivity contribution in [3.63, 3.8) is 0 Å². The van der Waals surface area contributed by atoms with Gasteiger partial charge in [0.25, 0.3) is 5.69 Å². The van der Waals surface area contributed by atoms with Gasteiger partial charge in [-0.15, -0.1) is 0 Å². The molecule has 0 saturated carbocycles. The molecule has 1 N–H and O–H groups in total. The molecule has 0 aliphatic rings. The van der Waals surface area contributed by atoms with Crippen LogP contribution >= 0.6 is 0 Å². The molecule has 1 aromatic heterocycles. The standard InChI is InChI=1S/C13H22N4O2/c1-4-16(5-2)8-6-7-14-13-11(3)9-12(10-15-13)17(18)19/h9-10H,4-8H2,1-3H3,(H,14,15). The minimum absolute atomic E-state index is 0.0335. The molecule has 19 heavy (non-hydrogen) atoms. The zero-order valence-electron chi connectivity index (χ0n) is 11.8. The van der Waals surface area contributed by atoms with E-state index in [2.05, 4.69) is 29.0 Å². The maximum absolute atomic E-state index is 10.6. The third-order valence-corrected chi connectivity index (χ3v) is 3.11. The molecule has 6 nitrogen and oxygen atoms in total. The van der Waals surface area contributed by atoms with Crippen LogP contribution in [0.1, 0.15) is 25.8 Å². The van der Waals surface area contributed by atoms with E-state index >= 15 is 0 Å². The highest BCUT2D eigenvalue weighted by Gasteiger charge is 2.09. The summed E-state index contributed by atoms with van der Waals surface area (Å²) in [5.41, 5.74) is 0.836. The Morgan fingerprint density at radius 2 is 2.11 bits per heavy atom. The second-order valence-electron chi connectivity index (χ2n) is 4.42. The normalized spacial score (nSPS) is 10.7. The van der Waals surface area contributed by atoms with E-state index in [1.54, 1.807) is 6.07 Å². The van der Waals surface area contributed by atoms with Gasteiger partial charge in [0.05, 0.1) is 4.92 Å². The van der Waals surface area contributed by atoms with Crippen molar-refractivity contribution >= 4 is 11.5 Å². The highest BCUT2D eigenvalue weighted by Crippen LogP contribution is 2.17. The van der Waals surface area contributed by atoms with E-state index in [-0.39, 0.29) is 5.69 Å². The van der Waals surface area contributed by atoms with Crippen molar-refractivity contribution in [3.05, 3.63) is 27.9 Å². The molecule has 1 heterocycles. The van der Waals surface area contributed by atoms with Crippen LogP contribution in [0, 0.1) is 17.0 Å². The van der Waals surface area contributed by atoms with Crippen LogP contribution in [-0.4, -0.2) is 41.0 Å². The number of nitro groups is 1. The lowest BCUT2D eigenvalue weighted by Gasteiger charge is -2.18.